The summed E-state index contributed by atoms with van der Waals surface area (Å²) in [6, 6.07) is 13.8. The van der Waals surface area contributed by atoms with Crippen molar-refractivity contribution in [3.05, 3.63) is 77.5 Å². The summed E-state index contributed by atoms with van der Waals surface area (Å²) in [6.07, 6.45) is 6.63. The Bertz CT molecular complexity index is 1970. The zero-order valence-electron chi connectivity index (χ0n) is 30.1. The van der Waals surface area contributed by atoms with E-state index in [1.54, 1.807) is 28.7 Å². The van der Waals surface area contributed by atoms with Crippen molar-refractivity contribution >= 4 is 64.3 Å². The van der Waals surface area contributed by atoms with Gasteiger partial charge < -0.3 is 10.2 Å². The van der Waals surface area contributed by atoms with E-state index in [0.717, 1.165) is 73.6 Å². The number of thiophene rings is 2. The number of phenolic OH excluding ortho intramolecular Hbond substituents is 1. The third-order valence-corrected chi connectivity index (χ3v) is 12.2. The van der Waals surface area contributed by atoms with Gasteiger partial charge in [0.15, 0.2) is 5.78 Å². The molecule has 0 aliphatic heterocycles. The van der Waals surface area contributed by atoms with Gasteiger partial charge in [0, 0.05) is 69.3 Å². The van der Waals surface area contributed by atoms with Gasteiger partial charge in [-0.3, -0.25) is 9.78 Å². The number of carbonyl (C=O) groups excluding carboxylic acids is 1. The van der Waals surface area contributed by atoms with E-state index in [2.05, 4.69) is 57.0 Å². The number of pyridine rings is 1. The average Bonchev–Trinajstić information content (AvgIpc) is 3.67. The molecular formula is C41H50IrNO3S2-. The molecule has 0 bridgehead atoms. The van der Waals surface area contributed by atoms with Crippen LogP contribution < -0.4 is 0 Å². The fraction of sp³-hybridized carbons (Fsp3) is 0.415. The van der Waals surface area contributed by atoms with Crippen LogP contribution in [0.15, 0.2) is 60.3 Å². The second-order valence-corrected chi connectivity index (χ2v) is 16.2. The summed E-state index contributed by atoms with van der Waals surface area (Å²) in [5, 5.41) is 26.1. The van der Waals surface area contributed by atoms with E-state index in [1.807, 2.05) is 60.7 Å². The standard InChI is InChI=1S/C26H22NOS2.C15H28O2.Ir/c1-14(2)21-18(28)6-7-19-22(21)23-20(30-19)8-10-27-24(23)16-12-15-9-11-29-25(15)17(13-16)26(3,4)5;1-7-14(5,8-2)12(16)11-13(17)15(6,9-3)10-4;/h6-11,13,28H,1H2,2-5H3;11,16H,7-10H2,1-6H3;/q-1;;/b;12-11-;. The fourth-order valence-corrected chi connectivity index (χ4v) is 7.99. The van der Waals surface area contributed by atoms with Crippen molar-refractivity contribution in [2.75, 3.05) is 0 Å². The first-order valence-corrected chi connectivity index (χ1v) is 18.3. The molecule has 1 radical (unpaired) electrons. The van der Waals surface area contributed by atoms with Crippen LogP contribution in [0.5, 0.6) is 5.75 Å². The van der Waals surface area contributed by atoms with Crippen LogP contribution >= 0.6 is 22.7 Å². The Morgan fingerprint density at radius 2 is 1.54 bits per heavy atom. The van der Waals surface area contributed by atoms with Gasteiger partial charge in [0.05, 0.1) is 0 Å². The van der Waals surface area contributed by atoms with E-state index in [1.165, 1.54) is 16.3 Å². The van der Waals surface area contributed by atoms with Gasteiger partial charge in [-0.25, -0.2) is 0 Å². The third-order valence-electron chi connectivity index (χ3n) is 10.1. The summed E-state index contributed by atoms with van der Waals surface area (Å²) in [5.41, 5.74) is 4.27. The predicted octanol–water partition coefficient (Wildman–Crippen LogP) is 12.8. The smallest absolute Gasteiger partial charge is 0.164 e. The molecule has 7 heteroatoms. The molecule has 0 spiro atoms. The van der Waals surface area contributed by atoms with Gasteiger partial charge in [-0.05, 0) is 77.3 Å². The second kappa shape index (κ2) is 15.4. The molecule has 0 aliphatic carbocycles. The van der Waals surface area contributed by atoms with Crippen molar-refractivity contribution < 1.29 is 35.1 Å². The number of aliphatic hydroxyl groups is 1. The molecule has 3 heterocycles. The molecule has 3 aromatic heterocycles. The first kappa shape index (κ1) is 39.6. The number of ketones is 1. The normalized spacial score (nSPS) is 12.6. The number of rotatable bonds is 9. The van der Waals surface area contributed by atoms with Crippen LogP contribution in [-0.4, -0.2) is 21.0 Å². The number of carbonyl (C=O) groups is 1. The zero-order chi connectivity index (χ0) is 34.9. The van der Waals surface area contributed by atoms with Gasteiger partial charge in [-0.1, -0.05) is 80.0 Å². The molecule has 2 aromatic carbocycles. The number of benzene rings is 2. The summed E-state index contributed by atoms with van der Waals surface area (Å²) in [4.78, 5) is 17.0. The minimum Gasteiger partial charge on any atom is -0.512 e. The molecular weight excluding hydrogens is 811 g/mol. The van der Waals surface area contributed by atoms with Crippen LogP contribution in [0.25, 0.3) is 47.1 Å². The van der Waals surface area contributed by atoms with E-state index in [9.17, 15) is 15.0 Å². The SMILES string of the molecule is C=C(C)c1c(O)ccc2sc3ccnc(-c4[c-]c5ccsc5c(C(C)(C)C)c4)c3c12.CCC(C)(CC)C(=O)/C=C(\O)C(C)(CC)CC.[Ir]. The number of phenols is 1. The Morgan fingerprint density at radius 3 is 2.10 bits per heavy atom. The maximum Gasteiger partial charge on any atom is 0.164 e. The molecule has 48 heavy (non-hydrogen) atoms. The quantitative estimate of drug-likeness (QED) is 0.0880. The van der Waals surface area contributed by atoms with E-state index in [0.29, 0.717) is 0 Å². The number of fused-ring (bicyclic) bond motifs is 4. The molecule has 2 N–H and O–H groups in total. The molecule has 0 aliphatic rings. The van der Waals surface area contributed by atoms with Crippen molar-refractivity contribution in [3.8, 4) is 17.0 Å². The van der Waals surface area contributed by atoms with Crippen LogP contribution in [0.4, 0.5) is 0 Å². The van der Waals surface area contributed by atoms with Gasteiger partial charge in [0.25, 0.3) is 0 Å². The molecule has 4 nitrogen and oxygen atoms in total. The van der Waals surface area contributed by atoms with Gasteiger partial charge >= 0.3 is 0 Å². The van der Waals surface area contributed by atoms with Gasteiger partial charge in [0.1, 0.15) is 11.5 Å². The summed E-state index contributed by atoms with van der Waals surface area (Å²) in [5.74, 6) is 0.547. The van der Waals surface area contributed by atoms with Crippen molar-refractivity contribution in [2.45, 2.75) is 100 Å². The average molecular weight is 861 g/mol. The maximum atomic E-state index is 12.2. The number of aromatic nitrogens is 1. The van der Waals surface area contributed by atoms with E-state index in [4.69, 9.17) is 4.98 Å². The number of nitrogens with zero attached hydrogens (tertiary/aromatic N) is 1. The third kappa shape index (κ3) is 7.65. The largest absolute Gasteiger partial charge is 0.512 e. The minimum atomic E-state index is -0.337. The molecule has 5 rings (SSSR count). The Hall–Kier alpha value is -2.83. The molecule has 5 aromatic rings. The summed E-state index contributed by atoms with van der Waals surface area (Å²) >= 11 is 3.49. The van der Waals surface area contributed by atoms with Crippen LogP contribution in [-0.2, 0) is 30.3 Å². The number of hydrogen-bond donors (Lipinski definition) is 2. The number of aromatic hydroxyl groups is 1. The van der Waals surface area contributed by atoms with Crippen molar-refractivity contribution in [2.24, 2.45) is 10.8 Å². The van der Waals surface area contributed by atoms with Crippen LogP contribution in [0.1, 0.15) is 106 Å². The summed E-state index contributed by atoms with van der Waals surface area (Å²) in [7, 11) is 0. The summed E-state index contributed by atoms with van der Waals surface area (Å²) in [6.45, 7) is 24.9. The Morgan fingerprint density at radius 1 is 0.938 bits per heavy atom. The molecule has 0 fully saturated rings. The summed E-state index contributed by atoms with van der Waals surface area (Å²) < 4.78 is 3.57. The van der Waals surface area contributed by atoms with Crippen LogP contribution in [0, 0.1) is 16.9 Å². The van der Waals surface area contributed by atoms with Crippen LogP contribution in [0.3, 0.4) is 0 Å². The van der Waals surface area contributed by atoms with E-state index >= 15 is 0 Å². The van der Waals surface area contributed by atoms with Crippen LogP contribution in [0.2, 0.25) is 0 Å². The van der Waals surface area contributed by atoms with E-state index < -0.39 is 0 Å². The minimum absolute atomic E-state index is 0. The maximum absolute atomic E-state index is 12.2. The van der Waals surface area contributed by atoms with Crippen molar-refractivity contribution in [1.29, 1.82) is 0 Å². The Labute approximate surface area is 308 Å². The van der Waals surface area contributed by atoms with E-state index in [-0.39, 0.29) is 53.6 Å². The predicted molar refractivity (Wildman–Crippen MR) is 205 cm³/mol. The van der Waals surface area contributed by atoms with Gasteiger partial charge in [0.2, 0.25) is 0 Å². The first-order valence-electron chi connectivity index (χ1n) is 16.6. The monoisotopic (exact) mass is 861 g/mol. The number of allylic oxidation sites excluding steroid dienone is 3. The number of hydrogen-bond acceptors (Lipinski definition) is 6. The van der Waals surface area contributed by atoms with Crippen molar-refractivity contribution in [1.82, 2.24) is 4.98 Å². The zero-order valence-corrected chi connectivity index (χ0v) is 34.1. The molecule has 0 amide bonds. The topological polar surface area (TPSA) is 70.4 Å². The molecule has 0 saturated carbocycles. The van der Waals surface area contributed by atoms with Gasteiger partial charge in [-0.2, -0.15) is 11.3 Å². The number of aliphatic hydroxyl groups excluding tert-OH is 1. The Kier molecular flexibility index (Phi) is 12.7. The fourth-order valence-electron chi connectivity index (χ4n) is 5.81. The molecule has 259 valence electrons. The van der Waals surface area contributed by atoms with Crippen molar-refractivity contribution in [3.63, 3.8) is 0 Å². The molecule has 0 atom stereocenters. The Balaban J connectivity index is 0.000000301. The van der Waals surface area contributed by atoms with Gasteiger partial charge in [-0.15, -0.1) is 34.9 Å². The molecule has 0 saturated heterocycles. The first-order chi connectivity index (χ1) is 22.0. The molecule has 0 unspecified atom stereocenters. The second-order valence-electron chi connectivity index (χ2n) is 14.2.